The molecule has 2 amide bonds. The lowest BCUT2D eigenvalue weighted by Crippen LogP contribution is -2.59. The van der Waals surface area contributed by atoms with Crippen molar-refractivity contribution < 1.29 is 19.4 Å². The quantitative estimate of drug-likeness (QED) is 0.872. The molecule has 1 saturated heterocycles. The van der Waals surface area contributed by atoms with Gasteiger partial charge in [-0.3, -0.25) is 0 Å². The van der Waals surface area contributed by atoms with Crippen LogP contribution < -0.4 is 5.32 Å². The highest BCUT2D eigenvalue weighted by atomic mass is 32.1. The lowest BCUT2D eigenvalue weighted by atomic mass is 9.90. The van der Waals surface area contributed by atoms with Crippen molar-refractivity contribution in [2.75, 3.05) is 20.3 Å². The van der Waals surface area contributed by atoms with Crippen molar-refractivity contribution in [1.82, 2.24) is 15.2 Å². The minimum Gasteiger partial charge on any atom is -0.480 e. The van der Waals surface area contributed by atoms with Crippen LogP contribution in [-0.2, 0) is 16.1 Å². The maximum absolute atomic E-state index is 12.3. The van der Waals surface area contributed by atoms with Gasteiger partial charge in [-0.05, 0) is 6.92 Å². The van der Waals surface area contributed by atoms with Crippen LogP contribution in [0.5, 0.6) is 0 Å². The molecular formula is C13H19N3O4S. The van der Waals surface area contributed by atoms with Gasteiger partial charge in [-0.15, -0.1) is 11.3 Å². The summed E-state index contributed by atoms with van der Waals surface area (Å²) in [6.45, 7) is 2.97. The van der Waals surface area contributed by atoms with Gasteiger partial charge in [0.15, 0.2) is 0 Å². The summed E-state index contributed by atoms with van der Waals surface area (Å²) >= 11 is 1.48. The molecule has 116 valence electrons. The van der Waals surface area contributed by atoms with Crippen molar-refractivity contribution in [3.63, 3.8) is 0 Å². The molecule has 2 N–H and O–H groups in total. The molecular weight excluding hydrogens is 294 g/mol. The van der Waals surface area contributed by atoms with Crippen LogP contribution in [0.3, 0.4) is 0 Å². The van der Waals surface area contributed by atoms with Crippen molar-refractivity contribution >= 4 is 23.3 Å². The Morgan fingerprint density at radius 1 is 1.52 bits per heavy atom. The van der Waals surface area contributed by atoms with Gasteiger partial charge in [0.1, 0.15) is 5.54 Å². The first kappa shape index (κ1) is 15.7. The van der Waals surface area contributed by atoms with Crippen molar-refractivity contribution in [2.45, 2.75) is 31.8 Å². The van der Waals surface area contributed by atoms with Crippen LogP contribution in [-0.4, -0.2) is 52.8 Å². The number of rotatable bonds is 4. The molecule has 2 rings (SSSR count). The third-order valence-corrected chi connectivity index (χ3v) is 4.59. The van der Waals surface area contributed by atoms with E-state index in [9.17, 15) is 14.7 Å². The normalized spacial score (nSPS) is 17.2. The number of ether oxygens (including phenoxy) is 1. The van der Waals surface area contributed by atoms with E-state index in [0.29, 0.717) is 19.8 Å². The highest BCUT2D eigenvalue weighted by Gasteiger charge is 2.42. The van der Waals surface area contributed by atoms with E-state index in [1.54, 1.807) is 12.6 Å². The minimum atomic E-state index is -1.23. The Bertz CT molecular complexity index is 525. The average molecular weight is 313 g/mol. The molecule has 21 heavy (non-hydrogen) atoms. The van der Waals surface area contributed by atoms with Crippen LogP contribution >= 0.6 is 11.3 Å². The molecule has 0 aromatic carbocycles. The first-order valence-electron chi connectivity index (χ1n) is 6.68. The van der Waals surface area contributed by atoms with Crippen molar-refractivity contribution in [2.24, 2.45) is 0 Å². The number of aromatic nitrogens is 1. The Morgan fingerprint density at radius 3 is 2.71 bits per heavy atom. The van der Waals surface area contributed by atoms with Crippen molar-refractivity contribution in [3.8, 4) is 0 Å². The first-order valence-corrected chi connectivity index (χ1v) is 7.56. The van der Waals surface area contributed by atoms with Crippen molar-refractivity contribution in [3.05, 3.63) is 16.1 Å². The summed E-state index contributed by atoms with van der Waals surface area (Å²) in [5, 5.41) is 12.1. The maximum Gasteiger partial charge on any atom is 0.329 e. The predicted octanol–water partition coefficient (Wildman–Crippen LogP) is 1.23. The Hall–Kier alpha value is -1.67. The summed E-state index contributed by atoms with van der Waals surface area (Å²) in [6.07, 6.45) is 0.559. The van der Waals surface area contributed by atoms with Gasteiger partial charge < -0.3 is 20.1 Å². The Balaban J connectivity index is 2.01. The Kier molecular flexibility index (Phi) is 4.79. The third kappa shape index (κ3) is 3.51. The number of aryl methyl sites for hydroxylation is 1. The van der Waals surface area contributed by atoms with Gasteiger partial charge in [-0.25, -0.2) is 14.6 Å². The monoisotopic (exact) mass is 313 g/mol. The molecule has 1 fully saturated rings. The van der Waals surface area contributed by atoms with E-state index in [-0.39, 0.29) is 12.8 Å². The molecule has 1 aromatic heterocycles. The molecule has 2 heterocycles. The Morgan fingerprint density at radius 2 is 2.19 bits per heavy atom. The average Bonchev–Trinajstić information content (AvgIpc) is 2.85. The van der Waals surface area contributed by atoms with E-state index < -0.39 is 17.5 Å². The SMILES string of the molecule is Cc1ncsc1CN(C)C(=O)NC1(C(=O)O)CCOCC1. The topological polar surface area (TPSA) is 91.8 Å². The number of carbonyl (C=O) groups is 2. The zero-order valence-corrected chi connectivity index (χ0v) is 12.9. The van der Waals surface area contributed by atoms with Gasteiger partial charge in [0.25, 0.3) is 0 Å². The summed E-state index contributed by atoms with van der Waals surface area (Å²) < 4.78 is 5.18. The molecule has 7 nitrogen and oxygen atoms in total. The fraction of sp³-hybridized carbons (Fsp3) is 0.615. The van der Waals surface area contributed by atoms with Crippen LogP contribution in [0.2, 0.25) is 0 Å². The smallest absolute Gasteiger partial charge is 0.329 e. The molecule has 1 aliphatic heterocycles. The number of carboxylic acids is 1. The van der Waals surface area contributed by atoms with E-state index in [0.717, 1.165) is 10.6 Å². The van der Waals surface area contributed by atoms with Gasteiger partial charge in [0.05, 0.1) is 17.7 Å². The zero-order valence-electron chi connectivity index (χ0n) is 12.1. The number of carbonyl (C=O) groups excluding carboxylic acids is 1. The molecule has 0 bridgehead atoms. The first-order chi connectivity index (χ1) is 9.94. The van der Waals surface area contributed by atoms with E-state index in [1.165, 1.54) is 16.2 Å². The second kappa shape index (κ2) is 6.40. The predicted molar refractivity (Wildman–Crippen MR) is 77.3 cm³/mol. The van der Waals surface area contributed by atoms with E-state index in [1.807, 2.05) is 6.92 Å². The summed E-state index contributed by atoms with van der Waals surface area (Å²) in [5.41, 5.74) is 1.39. The van der Waals surface area contributed by atoms with Crippen LogP contribution in [0.25, 0.3) is 0 Å². The van der Waals surface area contributed by atoms with Crippen LogP contribution in [0.4, 0.5) is 4.79 Å². The molecule has 1 aromatic rings. The van der Waals surface area contributed by atoms with Crippen LogP contribution in [0.15, 0.2) is 5.51 Å². The zero-order chi connectivity index (χ0) is 15.5. The second-order valence-corrected chi connectivity index (χ2v) is 6.09. The number of hydrogen-bond acceptors (Lipinski definition) is 5. The third-order valence-electron chi connectivity index (χ3n) is 3.67. The fourth-order valence-electron chi connectivity index (χ4n) is 2.18. The molecule has 0 aliphatic carbocycles. The molecule has 1 aliphatic rings. The summed E-state index contributed by atoms with van der Waals surface area (Å²) in [7, 11) is 1.64. The number of nitrogens with zero attached hydrogens (tertiary/aromatic N) is 2. The molecule has 0 saturated carbocycles. The minimum absolute atomic E-state index is 0.279. The van der Waals surface area contributed by atoms with E-state index >= 15 is 0 Å². The number of nitrogens with one attached hydrogen (secondary N) is 1. The molecule has 0 spiro atoms. The standard InChI is InChI=1S/C13H19N3O4S/c1-9-10(21-8-14-9)7-16(2)12(19)15-13(11(17)18)3-5-20-6-4-13/h8H,3-7H2,1-2H3,(H,15,19)(H,17,18). The number of thiazole rings is 1. The van der Waals surface area contributed by atoms with Crippen LogP contribution in [0, 0.1) is 6.92 Å². The van der Waals surface area contributed by atoms with Gasteiger partial charge in [0, 0.05) is 38.0 Å². The highest BCUT2D eigenvalue weighted by Crippen LogP contribution is 2.22. The van der Waals surface area contributed by atoms with E-state index in [2.05, 4.69) is 10.3 Å². The lowest BCUT2D eigenvalue weighted by molar-refractivity contribution is -0.148. The second-order valence-electron chi connectivity index (χ2n) is 5.15. The number of hydrogen-bond donors (Lipinski definition) is 2. The molecule has 0 atom stereocenters. The van der Waals surface area contributed by atoms with Crippen LogP contribution in [0.1, 0.15) is 23.4 Å². The molecule has 8 heteroatoms. The number of aliphatic carboxylic acids is 1. The summed E-state index contributed by atoms with van der Waals surface area (Å²) in [5.74, 6) is -1.01. The number of urea groups is 1. The lowest BCUT2D eigenvalue weighted by Gasteiger charge is -2.35. The fourth-order valence-corrected chi connectivity index (χ4v) is 3.01. The number of amides is 2. The summed E-state index contributed by atoms with van der Waals surface area (Å²) in [4.78, 5) is 30.4. The summed E-state index contributed by atoms with van der Waals surface area (Å²) in [6, 6.07) is -0.396. The highest BCUT2D eigenvalue weighted by molar-refractivity contribution is 7.09. The largest absolute Gasteiger partial charge is 0.480 e. The molecule has 0 unspecified atom stereocenters. The van der Waals surface area contributed by atoms with Gasteiger partial charge in [-0.2, -0.15) is 0 Å². The number of carboxylic acid groups (broad SMARTS) is 1. The van der Waals surface area contributed by atoms with Gasteiger partial charge in [-0.1, -0.05) is 0 Å². The Labute approximate surface area is 126 Å². The van der Waals surface area contributed by atoms with E-state index in [4.69, 9.17) is 4.74 Å². The maximum atomic E-state index is 12.3. The van der Waals surface area contributed by atoms with Crippen molar-refractivity contribution in [1.29, 1.82) is 0 Å². The van der Waals surface area contributed by atoms with Gasteiger partial charge >= 0.3 is 12.0 Å². The molecule has 0 radical (unpaired) electrons. The van der Waals surface area contributed by atoms with Gasteiger partial charge in [0.2, 0.25) is 0 Å².